The molecule has 0 fully saturated rings. The van der Waals surface area contributed by atoms with Crippen molar-refractivity contribution in [3.63, 3.8) is 0 Å². The zero-order chi connectivity index (χ0) is 18.9. The Kier molecular flexibility index (Phi) is 7.12. The number of nitrogen functional groups attached to an aromatic ring is 1. The molecular formula is C16H18ClN5O4. The lowest BCUT2D eigenvalue weighted by molar-refractivity contribution is -0.122. The van der Waals surface area contributed by atoms with Gasteiger partial charge in [0.2, 0.25) is 0 Å². The fraction of sp³-hybridized carbons (Fsp3) is 0.250. The summed E-state index contributed by atoms with van der Waals surface area (Å²) in [6.45, 7) is 0.565. The predicted molar refractivity (Wildman–Crippen MR) is 96.4 cm³/mol. The normalized spacial score (nSPS) is 10.2. The van der Waals surface area contributed by atoms with E-state index in [1.54, 1.807) is 19.4 Å². The van der Waals surface area contributed by atoms with E-state index in [-0.39, 0.29) is 12.5 Å². The van der Waals surface area contributed by atoms with Crippen LogP contribution >= 0.6 is 11.6 Å². The summed E-state index contributed by atoms with van der Waals surface area (Å²) in [4.78, 5) is 24.3. The van der Waals surface area contributed by atoms with Gasteiger partial charge in [0.15, 0.2) is 5.82 Å². The average molecular weight is 380 g/mol. The summed E-state index contributed by atoms with van der Waals surface area (Å²) < 4.78 is 10.4. The van der Waals surface area contributed by atoms with Crippen LogP contribution in [0.15, 0.2) is 24.5 Å². The summed E-state index contributed by atoms with van der Waals surface area (Å²) in [5, 5.41) is 7.49. The molecule has 3 heterocycles. The third-order valence-corrected chi connectivity index (χ3v) is 3.51. The van der Waals surface area contributed by atoms with E-state index in [9.17, 15) is 0 Å². The van der Waals surface area contributed by atoms with Gasteiger partial charge in [-0.1, -0.05) is 11.6 Å². The van der Waals surface area contributed by atoms with Crippen LogP contribution in [0.5, 0.6) is 6.01 Å². The molecular weight excluding hydrogens is 362 g/mol. The number of H-pyrrole nitrogens is 1. The monoisotopic (exact) mass is 379 g/mol. The summed E-state index contributed by atoms with van der Waals surface area (Å²) in [6.07, 6.45) is 4.07. The van der Waals surface area contributed by atoms with E-state index in [0.717, 1.165) is 16.8 Å². The first kappa shape index (κ1) is 19.4. The van der Waals surface area contributed by atoms with Gasteiger partial charge in [0.1, 0.15) is 17.6 Å². The molecule has 0 radical (unpaired) electrons. The number of pyridine rings is 1. The molecule has 0 saturated heterocycles. The number of hydrogen-bond donors (Lipinski definition) is 3. The van der Waals surface area contributed by atoms with Crippen LogP contribution in [0.4, 0.5) is 5.82 Å². The fourth-order valence-electron chi connectivity index (χ4n) is 2.18. The molecule has 3 aromatic heterocycles. The zero-order valence-electron chi connectivity index (χ0n) is 14.0. The second-order valence-corrected chi connectivity index (χ2v) is 5.46. The van der Waals surface area contributed by atoms with Gasteiger partial charge in [-0.3, -0.25) is 9.78 Å². The van der Waals surface area contributed by atoms with Crippen LogP contribution in [-0.2, 0) is 16.0 Å². The van der Waals surface area contributed by atoms with Gasteiger partial charge >= 0.3 is 6.01 Å². The van der Waals surface area contributed by atoms with Crippen LogP contribution in [0.25, 0.3) is 11.0 Å². The zero-order valence-corrected chi connectivity index (χ0v) is 14.7. The average Bonchev–Trinajstić information content (AvgIpc) is 3.01. The molecule has 0 aromatic carbocycles. The number of nitrogens with zero attached hydrogens (tertiary/aromatic N) is 3. The molecule has 0 spiro atoms. The van der Waals surface area contributed by atoms with Crippen molar-refractivity contribution in [1.82, 2.24) is 19.9 Å². The van der Waals surface area contributed by atoms with Crippen LogP contribution in [-0.4, -0.2) is 51.8 Å². The second kappa shape index (κ2) is 9.54. The number of carbonyl (C=O) groups is 1. The Morgan fingerprint density at radius 3 is 2.77 bits per heavy atom. The molecule has 0 bridgehead atoms. The number of nitrogens with one attached hydrogen (secondary N) is 1. The highest BCUT2D eigenvalue weighted by Gasteiger charge is 2.13. The predicted octanol–water partition coefficient (Wildman–Crippen LogP) is 1.91. The smallest absolute Gasteiger partial charge is 0.319 e. The Bertz CT molecular complexity index is 854. The highest BCUT2D eigenvalue weighted by molar-refractivity contribution is 6.30. The lowest BCUT2D eigenvalue weighted by Gasteiger charge is -2.05. The molecule has 0 atom stereocenters. The number of aromatic nitrogens is 4. The van der Waals surface area contributed by atoms with E-state index in [2.05, 4.69) is 19.9 Å². The number of nitrogens with two attached hydrogens (primary N) is 1. The Hall–Kier alpha value is -2.91. The number of carboxylic acid groups (broad SMARTS) is 1. The summed E-state index contributed by atoms with van der Waals surface area (Å²) >= 11 is 5.86. The van der Waals surface area contributed by atoms with Crippen LogP contribution in [0.1, 0.15) is 11.3 Å². The lowest BCUT2D eigenvalue weighted by atomic mass is 10.1. The molecule has 26 heavy (non-hydrogen) atoms. The van der Waals surface area contributed by atoms with Gasteiger partial charge in [0.25, 0.3) is 6.47 Å². The fourth-order valence-corrected chi connectivity index (χ4v) is 2.29. The van der Waals surface area contributed by atoms with Gasteiger partial charge in [-0.2, -0.15) is 9.97 Å². The quantitative estimate of drug-likeness (QED) is 0.436. The summed E-state index contributed by atoms with van der Waals surface area (Å²) in [7, 11) is 1.60. The van der Waals surface area contributed by atoms with E-state index in [1.807, 2.05) is 12.3 Å². The van der Waals surface area contributed by atoms with Gasteiger partial charge in [0, 0.05) is 37.2 Å². The third kappa shape index (κ3) is 5.04. The number of aromatic amines is 1. The Labute approximate surface area is 154 Å². The molecule has 10 heteroatoms. The van der Waals surface area contributed by atoms with Gasteiger partial charge in [0.05, 0.1) is 11.6 Å². The maximum absolute atomic E-state index is 8.36. The molecule has 0 aliphatic carbocycles. The SMILES string of the molecule is COCCOc1nc(N)c2[nH]cc(Cc3ccc(Cl)cn3)c2n1.O=CO. The number of ether oxygens (including phenoxy) is 2. The number of rotatable bonds is 6. The van der Waals surface area contributed by atoms with Crippen molar-refractivity contribution in [3.8, 4) is 6.01 Å². The topological polar surface area (TPSA) is 136 Å². The molecule has 0 unspecified atom stereocenters. The van der Waals surface area contributed by atoms with Crippen molar-refractivity contribution >= 4 is 34.9 Å². The van der Waals surface area contributed by atoms with Crippen molar-refractivity contribution in [2.45, 2.75) is 6.42 Å². The Morgan fingerprint density at radius 2 is 2.12 bits per heavy atom. The Morgan fingerprint density at radius 1 is 1.35 bits per heavy atom. The minimum absolute atomic E-state index is 0.233. The van der Waals surface area contributed by atoms with E-state index in [0.29, 0.717) is 36.0 Å². The summed E-state index contributed by atoms with van der Waals surface area (Å²) in [5.41, 5.74) is 9.22. The minimum atomic E-state index is -0.250. The summed E-state index contributed by atoms with van der Waals surface area (Å²) in [6, 6.07) is 3.92. The van der Waals surface area contributed by atoms with Crippen molar-refractivity contribution < 1.29 is 19.4 Å². The third-order valence-electron chi connectivity index (χ3n) is 3.29. The molecule has 9 nitrogen and oxygen atoms in total. The van der Waals surface area contributed by atoms with E-state index in [1.165, 1.54) is 0 Å². The van der Waals surface area contributed by atoms with Crippen LogP contribution in [0.2, 0.25) is 5.02 Å². The maximum atomic E-state index is 8.36. The number of methoxy groups -OCH3 is 1. The van der Waals surface area contributed by atoms with Crippen molar-refractivity contribution in [1.29, 1.82) is 0 Å². The van der Waals surface area contributed by atoms with Crippen LogP contribution in [0.3, 0.4) is 0 Å². The molecule has 3 aromatic rings. The van der Waals surface area contributed by atoms with Gasteiger partial charge in [-0.25, -0.2) is 0 Å². The highest BCUT2D eigenvalue weighted by atomic mass is 35.5. The molecule has 138 valence electrons. The summed E-state index contributed by atoms with van der Waals surface area (Å²) in [5.74, 6) is 0.345. The van der Waals surface area contributed by atoms with Crippen molar-refractivity contribution in [3.05, 3.63) is 40.8 Å². The van der Waals surface area contributed by atoms with E-state index < -0.39 is 0 Å². The van der Waals surface area contributed by atoms with E-state index >= 15 is 0 Å². The molecule has 0 amide bonds. The van der Waals surface area contributed by atoms with Gasteiger partial charge in [-0.05, 0) is 12.1 Å². The number of hydrogen-bond acceptors (Lipinski definition) is 7. The lowest BCUT2D eigenvalue weighted by Crippen LogP contribution is -2.08. The van der Waals surface area contributed by atoms with Gasteiger partial charge in [-0.15, -0.1) is 0 Å². The van der Waals surface area contributed by atoms with Crippen LogP contribution in [0, 0.1) is 0 Å². The maximum Gasteiger partial charge on any atom is 0.319 e. The number of halogens is 1. The molecule has 0 aliphatic heterocycles. The molecule has 0 aliphatic rings. The minimum Gasteiger partial charge on any atom is -0.483 e. The van der Waals surface area contributed by atoms with Crippen molar-refractivity contribution in [2.75, 3.05) is 26.1 Å². The standard InChI is InChI=1S/C15H16ClN5O2.CH2O2/c1-22-4-5-23-15-20-12-9(7-19-13(12)14(17)21-15)6-11-3-2-10(16)8-18-11;2-1-3/h2-3,7-8,19H,4-6H2,1H3,(H2,17,20,21);1H,(H,2,3). The largest absolute Gasteiger partial charge is 0.483 e. The first-order valence-electron chi connectivity index (χ1n) is 7.52. The molecule has 3 rings (SSSR count). The first-order valence-corrected chi connectivity index (χ1v) is 7.90. The molecule has 0 saturated carbocycles. The molecule has 4 N–H and O–H groups in total. The van der Waals surface area contributed by atoms with Crippen molar-refractivity contribution in [2.24, 2.45) is 0 Å². The number of fused-ring (bicyclic) bond motifs is 1. The first-order chi connectivity index (χ1) is 12.6. The second-order valence-electron chi connectivity index (χ2n) is 5.02. The van der Waals surface area contributed by atoms with Crippen LogP contribution < -0.4 is 10.5 Å². The number of anilines is 1. The Balaban J connectivity index is 0.000000758. The van der Waals surface area contributed by atoms with Gasteiger partial charge < -0.3 is 25.3 Å². The van der Waals surface area contributed by atoms with E-state index in [4.69, 9.17) is 36.7 Å². The highest BCUT2D eigenvalue weighted by Crippen LogP contribution is 2.24.